The number of hydrogen-bond acceptors (Lipinski definition) is 4. The molecule has 0 spiro atoms. The van der Waals surface area contributed by atoms with Crippen molar-refractivity contribution in [1.82, 2.24) is 9.80 Å². The number of carbonyl (C=O) groups is 2. The Morgan fingerprint density at radius 2 is 1.70 bits per heavy atom. The molecular formula is C21H25N3O3. The molecule has 0 aromatic heterocycles. The minimum atomic E-state index is -0.136. The Kier molecular flexibility index (Phi) is 6.57. The third kappa shape index (κ3) is 5.64. The highest BCUT2D eigenvalue weighted by molar-refractivity contribution is 6.04. The summed E-state index contributed by atoms with van der Waals surface area (Å²) in [6.45, 7) is 3.58. The summed E-state index contributed by atoms with van der Waals surface area (Å²) in [5, 5.41) is 2.87. The molecule has 6 nitrogen and oxygen atoms in total. The van der Waals surface area contributed by atoms with Gasteiger partial charge in [-0.1, -0.05) is 30.3 Å². The SMILES string of the molecule is CN(CC(=O)N1CCOCC1)Cc1ccc(C(=O)Nc2ccccc2)cc1. The van der Waals surface area contributed by atoms with Crippen LogP contribution in [0.5, 0.6) is 0 Å². The number of amides is 2. The third-order valence-corrected chi connectivity index (χ3v) is 4.47. The zero-order valence-electron chi connectivity index (χ0n) is 15.6. The van der Waals surface area contributed by atoms with Crippen LogP contribution in [0.25, 0.3) is 0 Å². The van der Waals surface area contributed by atoms with Gasteiger partial charge >= 0.3 is 0 Å². The number of benzene rings is 2. The number of para-hydroxylation sites is 1. The molecule has 3 rings (SSSR count). The Balaban J connectivity index is 1.50. The van der Waals surface area contributed by atoms with Gasteiger partial charge in [0.1, 0.15) is 0 Å². The molecule has 1 fully saturated rings. The number of anilines is 1. The lowest BCUT2D eigenvalue weighted by Gasteiger charge is -2.28. The van der Waals surface area contributed by atoms with E-state index < -0.39 is 0 Å². The van der Waals surface area contributed by atoms with E-state index in [9.17, 15) is 9.59 Å². The summed E-state index contributed by atoms with van der Waals surface area (Å²) in [6.07, 6.45) is 0. The third-order valence-electron chi connectivity index (χ3n) is 4.47. The maximum Gasteiger partial charge on any atom is 0.255 e. The molecule has 1 heterocycles. The van der Waals surface area contributed by atoms with Gasteiger partial charge < -0.3 is 15.0 Å². The van der Waals surface area contributed by atoms with Crippen LogP contribution in [0.3, 0.4) is 0 Å². The van der Waals surface area contributed by atoms with E-state index in [1.165, 1.54) is 0 Å². The molecule has 0 aliphatic carbocycles. The first-order valence-corrected chi connectivity index (χ1v) is 9.11. The van der Waals surface area contributed by atoms with Crippen LogP contribution >= 0.6 is 0 Å². The fourth-order valence-corrected chi connectivity index (χ4v) is 3.00. The largest absolute Gasteiger partial charge is 0.378 e. The highest BCUT2D eigenvalue weighted by atomic mass is 16.5. The molecule has 0 unspecified atom stereocenters. The molecule has 27 heavy (non-hydrogen) atoms. The van der Waals surface area contributed by atoms with Crippen molar-refractivity contribution in [2.45, 2.75) is 6.54 Å². The highest BCUT2D eigenvalue weighted by Crippen LogP contribution is 2.11. The van der Waals surface area contributed by atoms with Crippen molar-refractivity contribution in [1.29, 1.82) is 0 Å². The Morgan fingerprint density at radius 1 is 1.04 bits per heavy atom. The number of likely N-dealkylation sites (N-methyl/N-ethyl adjacent to an activating group) is 1. The van der Waals surface area contributed by atoms with E-state index in [-0.39, 0.29) is 11.8 Å². The Bertz CT molecular complexity index is 756. The van der Waals surface area contributed by atoms with E-state index in [1.807, 2.05) is 71.4 Å². The second-order valence-electron chi connectivity index (χ2n) is 6.68. The fourth-order valence-electron chi connectivity index (χ4n) is 3.00. The van der Waals surface area contributed by atoms with Gasteiger partial charge in [-0.25, -0.2) is 0 Å². The van der Waals surface area contributed by atoms with Crippen LogP contribution < -0.4 is 5.32 Å². The molecule has 1 saturated heterocycles. The lowest BCUT2D eigenvalue weighted by Crippen LogP contribution is -2.44. The van der Waals surface area contributed by atoms with Gasteiger partial charge in [-0.2, -0.15) is 0 Å². The summed E-state index contributed by atoms with van der Waals surface area (Å²) in [5.41, 5.74) is 2.44. The van der Waals surface area contributed by atoms with Gasteiger partial charge in [-0.15, -0.1) is 0 Å². The van der Waals surface area contributed by atoms with Crippen LogP contribution in [0, 0.1) is 0 Å². The van der Waals surface area contributed by atoms with Crippen LogP contribution in [-0.2, 0) is 16.1 Å². The summed E-state index contributed by atoms with van der Waals surface area (Å²) in [6, 6.07) is 16.9. The predicted molar refractivity (Wildman–Crippen MR) is 105 cm³/mol. The average molecular weight is 367 g/mol. The Morgan fingerprint density at radius 3 is 2.37 bits per heavy atom. The van der Waals surface area contributed by atoms with Gasteiger partial charge in [-0.3, -0.25) is 14.5 Å². The maximum atomic E-state index is 12.3. The van der Waals surface area contributed by atoms with E-state index in [0.29, 0.717) is 45.0 Å². The number of nitrogens with one attached hydrogen (secondary N) is 1. The number of rotatable bonds is 6. The lowest BCUT2D eigenvalue weighted by atomic mass is 10.1. The highest BCUT2D eigenvalue weighted by Gasteiger charge is 2.18. The first-order chi connectivity index (χ1) is 13.1. The van der Waals surface area contributed by atoms with Gasteiger partial charge in [0.15, 0.2) is 0 Å². The Hall–Kier alpha value is -2.70. The minimum Gasteiger partial charge on any atom is -0.378 e. The molecule has 0 radical (unpaired) electrons. The first-order valence-electron chi connectivity index (χ1n) is 9.11. The maximum absolute atomic E-state index is 12.3. The van der Waals surface area contributed by atoms with Crippen molar-refractivity contribution in [2.75, 3.05) is 45.2 Å². The topological polar surface area (TPSA) is 61.9 Å². The first kappa shape index (κ1) is 19.1. The van der Waals surface area contributed by atoms with Crippen molar-refractivity contribution in [3.05, 3.63) is 65.7 Å². The number of hydrogen-bond donors (Lipinski definition) is 1. The lowest BCUT2D eigenvalue weighted by molar-refractivity contribution is -0.136. The summed E-state index contributed by atoms with van der Waals surface area (Å²) in [5.74, 6) is -0.0109. The molecule has 2 amide bonds. The molecule has 1 aliphatic rings. The fraction of sp³-hybridized carbons (Fsp3) is 0.333. The number of ether oxygens (including phenoxy) is 1. The van der Waals surface area contributed by atoms with Gasteiger partial charge in [-0.05, 0) is 36.9 Å². The van der Waals surface area contributed by atoms with Crippen LogP contribution in [-0.4, -0.2) is 61.5 Å². The monoisotopic (exact) mass is 367 g/mol. The Labute approximate surface area is 159 Å². The summed E-state index contributed by atoms with van der Waals surface area (Å²) in [7, 11) is 1.92. The molecular weight excluding hydrogens is 342 g/mol. The van der Waals surface area contributed by atoms with Crippen molar-refractivity contribution in [3.63, 3.8) is 0 Å². The van der Waals surface area contributed by atoms with Crippen LogP contribution in [0.15, 0.2) is 54.6 Å². The van der Waals surface area contributed by atoms with Crippen molar-refractivity contribution < 1.29 is 14.3 Å². The zero-order valence-corrected chi connectivity index (χ0v) is 15.6. The number of nitrogens with zero attached hydrogens (tertiary/aromatic N) is 2. The van der Waals surface area contributed by atoms with E-state index >= 15 is 0 Å². The molecule has 0 bridgehead atoms. The molecule has 2 aromatic carbocycles. The molecule has 2 aromatic rings. The minimum absolute atomic E-state index is 0.125. The normalized spacial score (nSPS) is 14.2. The smallest absolute Gasteiger partial charge is 0.255 e. The van der Waals surface area contributed by atoms with E-state index in [1.54, 1.807) is 0 Å². The molecule has 0 atom stereocenters. The van der Waals surface area contributed by atoms with Gasteiger partial charge in [0, 0.05) is 30.9 Å². The van der Waals surface area contributed by atoms with Crippen LogP contribution in [0.1, 0.15) is 15.9 Å². The van der Waals surface area contributed by atoms with Gasteiger partial charge in [0.05, 0.1) is 19.8 Å². The predicted octanol–water partition coefficient (Wildman–Crippen LogP) is 2.23. The van der Waals surface area contributed by atoms with Crippen LogP contribution in [0.2, 0.25) is 0 Å². The average Bonchev–Trinajstić information content (AvgIpc) is 2.70. The number of morpholine rings is 1. The quantitative estimate of drug-likeness (QED) is 0.851. The van der Waals surface area contributed by atoms with E-state index in [0.717, 1.165) is 11.3 Å². The summed E-state index contributed by atoms with van der Waals surface area (Å²) >= 11 is 0. The van der Waals surface area contributed by atoms with Gasteiger partial charge in [0.25, 0.3) is 5.91 Å². The van der Waals surface area contributed by atoms with Crippen LogP contribution in [0.4, 0.5) is 5.69 Å². The standard InChI is InChI=1S/C21H25N3O3/c1-23(16-20(25)24-11-13-27-14-12-24)15-17-7-9-18(10-8-17)21(26)22-19-5-3-2-4-6-19/h2-10H,11-16H2,1H3,(H,22,26). The molecule has 0 saturated carbocycles. The molecule has 1 aliphatic heterocycles. The van der Waals surface area contributed by atoms with Crippen molar-refractivity contribution >= 4 is 17.5 Å². The molecule has 1 N–H and O–H groups in total. The van der Waals surface area contributed by atoms with E-state index in [4.69, 9.17) is 4.74 Å². The van der Waals surface area contributed by atoms with Crippen molar-refractivity contribution in [3.8, 4) is 0 Å². The second kappa shape index (κ2) is 9.30. The van der Waals surface area contributed by atoms with Gasteiger partial charge in [0.2, 0.25) is 5.91 Å². The summed E-state index contributed by atoms with van der Waals surface area (Å²) < 4.78 is 5.28. The molecule has 142 valence electrons. The van der Waals surface area contributed by atoms with Crippen molar-refractivity contribution in [2.24, 2.45) is 0 Å². The summed E-state index contributed by atoms with van der Waals surface area (Å²) in [4.78, 5) is 28.4. The molecule has 6 heteroatoms. The second-order valence-corrected chi connectivity index (χ2v) is 6.68. The number of carbonyl (C=O) groups excluding carboxylic acids is 2. The van der Waals surface area contributed by atoms with E-state index in [2.05, 4.69) is 5.32 Å². The zero-order chi connectivity index (χ0) is 19.1.